The molecule has 95 heavy (non-hydrogen) atoms. The number of carbonyl (C=O) groups is 7. The number of urea groups is 1. The van der Waals surface area contributed by atoms with Crippen LogP contribution in [0.25, 0.3) is 0 Å². The number of aromatic hydroxyl groups is 2. The van der Waals surface area contributed by atoms with E-state index in [1.165, 1.54) is 42.5 Å². The van der Waals surface area contributed by atoms with Gasteiger partial charge in [0.2, 0.25) is 17.7 Å². The molecule has 0 aliphatic carbocycles. The van der Waals surface area contributed by atoms with Crippen molar-refractivity contribution in [2.24, 2.45) is 0 Å². The van der Waals surface area contributed by atoms with Crippen molar-refractivity contribution in [3.8, 4) is 23.0 Å². The number of phenols is 2. The zero-order chi connectivity index (χ0) is 66.7. The van der Waals surface area contributed by atoms with Crippen LogP contribution in [-0.4, -0.2) is 202 Å². The zero-order valence-corrected chi connectivity index (χ0v) is 54.2. The lowest BCUT2D eigenvalue weighted by atomic mass is 9.77. The van der Waals surface area contributed by atoms with Crippen molar-refractivity contribution in [3.05, 3.63) is 112 Å². The van der Waals surface area contributed by atoms with Crippen molar-refractivity contribution >= 4 is 82.7 Å². The van der Waals surface area contributed by atoms with E-state index in [1.807, 2.05) is 23.5 Å². The van der Waals surface area contributed by atoms with E-state index < -0.39 is 29.4 Å². The third-order valence-corrected chi connectivity index (χ3v) is 19.8. The number of hydrogen-bond donors (Lipinski definition) is 15. The highest BCUT2D eigenvalue weighted by Crippen LogP contribution is 2.57. The lowest BCUT2D eigenvalue weighted by Crippen LogP contribution is -2.36. The maximum absolute atomic E-state index is 13.5. The zero-order valence-electron chi connectivity index (χ0n) is 52.6. The molecule has 15 N–H and O–H groups in total. The second-order valence-corrected chi connectivity index (χ2v) is 26.2. The maximum atomic E-state index is 13.5. The highest BCUT2D eigenvalue weighted by Gasteiger charge is 2.54. The van der Waals surface area contributed by atoms with Crippen molar-refractivity contribution in [1.82, 2.24) is 53.2 Å². The molecule has 7 amide bonds. The Morgan fingerprint density at radius 3 is 1.52 bits per heavy atom. The van der Waals surface area contributed by atoms with E-state index in [0.717, 1.165) is 50.0 Å². The SMILES string of the molecule is N=C1N[C@H]2[C@H](CS[C@H]2CCCCC(=O)NCCOCCNC(=O)c2cc(NC(=O)NCCOCCOCCNC(=O)Cc3ccc4c(c3)C(=O)OC43c4ccc(O)cc4Oc4cc(O)ccc43)cc(C(=O)NCCOCCNC(=O)CCCC[C@@H]3SC[C@@H]4NC(=N)N[C@@H]43)c2)N1. The number of amides is 7. The van der Waals surface area contributed by atoms with Gasteiger partial charge in [-0.3, -0.25) is 34.8 Å². The molecule has 0 saturated carbocycles. The molecule has 1 spiro atoms. The number of nitrogens with one attached hydrogen (secondary N) is 13. The average molecular weight is 1350 g/mol. The molecule has 0 radical (unpaired) electrons. The van der Waals surface area contributed by atoms with Crippen molar-refractivity contribution in [2.45, 2.75) is 98.1 Å². The fourth-order valence-electron chi connectivity index (χ4n) is 12.3. The van der Waals surface area contributed by atoms with Crippen LogP contribution in [0.4, 0.5) is 10.5 Å². The Hall–Kier alpha value is -8.55. The molecular weight excluding hydrogens is 1270 g/mol. The fourth-order valence-corrected chi connectivity index (χ4v) is 15.4. The Bertz CT molecular complexity index is 3300. The van der Waals surface area contributed by atoms with Crippen LogP contribution in [0, 0.1) is 10.8 Å². The first-order chi connectivity index (χ1) is 46.1. The predicted molar refractivity (Wildman–Crippen MR) is 355 cm³/mol. The molecule has 0 bridgehead atoms. The average Bonchev–Trinajstić information content (AvgIpc) is 1.62. The van der Waals surface area contributed by atoms with E-state index in [1.54, 1.807) is 30.3 Å². The number of fused-ring (bicyclic) bond motifs is 8. The molecule has 6 aliphatic heterocycles. The van der Waals surface area contributed by atoms with Gasteiger partial charge in [-0.05, 0) is 79.8 Å². The molecule has 6 atom stereocenters. The van der Waals surface area contributed by atoms with Crippen LogP contribution in [0.1, 0.15) is 105 Å². The number of benzene rings is 4. The van der Waals surface area contributed by atoms with Gasteiger partial charge in [-0.1, -0.05) is 25.0 Å². The monoisotopic (exact) mass is 1350 g/mol. The predicted octanol–water partition coefficient (Wildman–Crippen LogP) is 2.99. The largest absolute Gasteiger partial charge is 0.508 e. The van der Waals surface area contributed by atoms with Crippen LogP contribution < -0.4 is 63.2 Å². The molecule has 10 rings (SSSR count). The van der Waals surface area contributed by atoms with Gasteiger partial charge in [0, 0.05) is 120 Å². The fraction of sp³-hybridized carbons (Fsp3) is 0.492. The van der Waals surface area contributed by atoms with E-state index in [2.05, 4.69) is 58.5 Å². The smallest absolute Gasteiger partial charge is 0.340 e. The van der Waals surface area contributed by atoms with Gasteiger partial charge in [-0.15, -0.1) is 0 Å². The Kier molecular flexibility index (Phi) is 24.6. The molecule has 0 aromatic heterocycles. The summed E-state index contributed by atoms with van der Waals surface area (Å²) in [6, 6.07) is 18.9. The first-order valence-electron chi connectivity index (χ1n) is 32.2. The summed E-state index contributed by atoms with van der Waals surface area (Å²) in [7, 11) is 0. The first-order valence-corrected chi connectivity index (χ1v) is 34.3. The molecule has 4 saturated heterocycles. The molecule has 28 nitrogen and oxygen atoms in total. The topological polar surface area (TPSA) is 395 Å². The van der Waals surface area contributed by atoms with Gasteiger partial charge in [-0.25, -0.2) is 9.59 Å². The summed E-state index contributed by atoms with van der Waals surface area (Å²) in [5.41, 5.74) is 1.28. The van der Waals surface area contributed by atoms with Gasteiger partial charge in [0.05, 0.1) is 89.0 Å². The number of esters is 1. The molecule has 6 aliphatic rings. The van der Waals surface area contributed by atoms with Gasteiger partial charge >= 0.3 is 12.0 Å². The summed E-state index contributed by atoms with van der Waals surface area (Å²) in [6.45, 7) is 2.60. The van der Waals surface area contributed by atoms with Crippen molar-refractivity contribution in [2.75, 3.05) is 109 Å². The summed E-state index contributed by atoms with van der Waals surface area (Å²) in [5.74, 6) is 1.03. The normalized spacial score (nSPS) is 19.6. The highest BCUT2D eigenvalue weighted by molar-refractivity contribution is 8.00. The van der Waals surface area contributed by atoms with Gasteiger partial charge in [-0.2, -0.15) is 23.5 Å². The summed E-state index contributed by atoms with van der Waals surface area (Å²) in [6.07, 6.45) is 6.08. The molecule has 4 aromatic carbocycles. The minimum absolute atomic E-state index is 0.0298. The third-order valence-electron chi connectivity index (χ3n) is 16.8. The minimum atomic E-state index is -1.42. The van der Waals surface area contributed by atoms with E-state index in [9.17, 15) is 43.8 Å². The number of anilines is 1. The number of guanidine groups is 2. The van der Waals surface area contributed by atoms with Gasteiger partial charge < -0.3 is 97.1 Å². The number of unbranched alkanes of at least 4 members (excludes halogenated alkanes) is 2. The molecular formula is C65H83N13O15S2. The summed E-state index contributed by atoms with van der Waals surface area (Å²) >= 11 is 3.80. The molecule has 510 valence electrons. The highest BCUT2D eigenvalue weighted by atomic mass is 32.2. The van der Waals surface area contributed by atoms with Crippen LogP contribution in [-0.2, 0) is 50.1 Å². The Labute approximate surface area is 558 Å². The van der Waals surface area contributed by atoms with E-state index in [4.69, 9.17) is 39.2 Å². The molecule has 0 unspecified atom stereocenters. The van der Waals surface area contributed by atoms with Crippen LogP contribution in [0.5, 0.6) is 23.0 Å². The van der Waals surface area contributed by atoms with Crippen molar-refractivity contribution < 1.29 is 72.2 Å². The second kappa shape index (κ2) is 33.7. The minimum Gasteiger partial charge on any atom is -0.508 e. The Morgan fingerprint density at radius 2 is 1.00 bits per heavy atom. The molecule has 4 aromatic rings. The van der Waals surface area contributed by atoms with Crippen LogP contribution >= 0.6 is 23.5 Å². The Morgan fingerprint density at radius 1 is 0.537 bits per heavy atom. The molecule has 6 heterocycles. The summed E-state index contributed by atoms with van der Waals surface area (Å²) in [5, 5.41) is 69.1. The van der Waals surface area contributed by atoms with Gasteiger partial charge in [0.1, 0.15) is 23.0 Å². The maximum Gasteiger partial charge on any atom is 0.340 e. The van der Waals surface area contributed by atoms with Gasteiger partial charge in [0.25, 0.3) is 11.8 Å². The number of carbonyl (C=O) groups excluding carboxylic acids is 7. The van der Waals surface area contributed by atoms with E-state index in [-0.39, 0.29) is 161 Å². The van der Waals surface area contributed by atoms with Crippen LogP contribution in [0.15, 0.2) is 72.8 Å². The number of phenolic OH excluding ortho intramolecular Hbond substituents is 2. The number of ether oxygens (including phenoxy) is 6. The van der Waals surface area contributed by atoms with Gasteiger partial charge in [0.15, 0.2) is 17.5 Å². The number of hydrogen-bond acceptors (Lipinski definition) is 19. The van der Waals surface area contributed by atoms with E-state index in [0.29, 0.717) is 82.7 Å². The lowest BCUT2D eigenvalue weighted by molar-refractivity contribution is -0.122. The van der Waals surface area contributed by atoms with Crippen LogP contribution in [0.2, 0.25) is 0 Å². The molecule has 30 heteroatoms. The quantitative estimate of drug-likeness (QED) is 0.0230. The molecule has 4 fully saturated rings. The van der Waals surface area contributed by atoms with Crippen molar-refractivity contribution in [3.63, 3.8) is 0 Å². The summed E-state index contributed by atoms with van der Waals surface area (Å²) < 4.78 is 34.7. The first kappa shape index (κ1) is 69.3. The number of rotatable bonds is 36. The standard InChI is InChI=1S/C65H83N13O15S2/c66-62-75-48-36-94-52(57(48)77-62)5-1-3-7-54(81)68-15-21-88-24-18-71-59(84)39-31-40(60(85)72-19-25-89-22-16-69-55(82)8-4-2-6-53-58-49(37-95-53)76-63(67)78-58)33-41(32-39)74-64(87)73-20-26-91-28-27-90-23-17-70-56(83)30-38-9-12-45-44(29-38)61(86)93-65(45)46-13-10-42(79)34-50(46)92-51-35-43(80)11-14-47(51)65/h9-14,29,31-35,48-49,52-53,57-58,79-80H,1-8,15-28,30,36-37H2,(H,68,81)(H,69,82)(H,70,83)(H,71,84)(H,72,85)(H3,66,75,77)(H3,67,76,78)(H2,73,74,87)/t48-,49-,52-,53-,57-,58-/m0/s1. The van der Waals surface area contributed by atoms with E-state index >= 15 is 0 Å². The summed E-state index contributed by atoms with van der Waals surface area (Å²) in [4.78, 5) is 91.4. The van der Waals surface area contributed by atoms with Crippen molar-refractivity contribution in [1.29, 1.82) is 10.8 Å². The number of thioether (sulfide) groups is 2. The Balaban J connectivity index is 0.604. The third kappa shape index (κ3) is 18.7. The second-order valence-electron chi connectivity index (χ2n) is 23.6. The van der Waals surface area contributed by atoms with Crippen LogP contribution in [0.3, 0.4) is 0 Å². The lowest BCUT2D eigenvalue weighted by Gasteiger charge is -2.36.